The van der Waals surface area contributed by atoms with Crippen LogP contribution in [0.25, 0.3) is 0 Å². The first-order chi connectivity index (χ1) is 11.4. The molecule has 1 atom stereocenters. The van der Waals surface area contributed by atoms with Gasteiger partial charge < -0.3 is 10.6 Å². The SMILES string of the molecule is CCCCCC(C)(N)C1CCN(CCc2ccc(F)c(F)c2)CC1. The lowest BCUT2D eigenvalue weighted by Gasteiger charge is -2.40. The zero-order chi connectivity index (χ0) is 17.6. The quantitative estimate of drug-likeness (QED) is 0.706. The van der Waals surface area contributed by atoms with Gasteiger partial charge in [0.15, 0.2) is 11.6 Å². The Kier molecular flexibility index (Phi) is 7.17. The monoisotopic (exact) mass is 338 g/mol. The first-order valence-electron chi connectivity index (χ1n) is 9.37. The molecule has 0 amide bonds. The molecule has 2 rings (SSSR count). The number of rotatable bonds is 8. The highest BCUT2D eigenvalue weighted by Gasteiger charge is 2.32. The summed E-state index contributed by atoms with van der Waals surface area (Å²) in [7, 11) is 0. The lowest BCUT2D eigenvalue weighted by Crippen LogP contribution is -2.49. The Bertz CT molecular complexity index is 508. The number of hydrogen-bond acceptors (Lipinski definition) is 2. The summed E-state index contributed by atoms with van der Waals surface area (Å²) in [5.74, 6) is -0.934. The Morgan fingerprint density at radius 1 is 1.17 bits per heavy atom. The van der Waals surface area contributed by atoms with Gasteiger partial charge in [0.25, 0.3) is 0 Å². The Labute approximate surface area is 145 Å². The second-order valence-corrected chi connectivity index (χ2v) is 7.58. The Balaban J connectivity index is 1.75. The van der Waals surface area contributed by atoms with E-state index in [0.29, 0.717) is 5.92 Å². The maximum atomic E-state index is 13.3. The molecular weight excluding hydrogens is 306 g/mol. The molecule has 1 unspecified atom stereocenters. The van der Waals surface area contributed by atoms with Crippen LogP contribution in [-0.2, 0) is 6.42 Å². The summed E-state index contributed by atoms with van der Waals surface area (Å²) in [4.78, 5) is 2.42. The predicted octanol–water partition coefficient (Wildman–Crippen LogP) is 4.52. The summed E-state index contributed by atoms with van der Waals surface area (Å²) in [6.45, 7) is 7.43. The number of nitrogens with two attached hydrogens (primary N) is 1. The van der Waals surface area contributed by atoms with Crippen molar-refractivity contribution in [2.75, 3.05) is 19.6 Å². The van der Waals surface area contributed by atoms with Crippen molar-refractivity contribution in [3.63, 3.8) is 0 Å². The normalized spacial score (nSPS) is 19.4. The van der Waals surface area contributed by atoms with E-state index in [-0.39, 0.29) is 5.54 Å². The maximum absolute atomic E-state index is 13.3. The fraction of sp³-hybridized carbons (Fsp3) is 0.700. The van der Waals surface area contributed by atoms with E-state index in [0.717, 1.165) is 50.9 Å². The van der Waals surface area contributed by atoms with E-state index in [9.17, 15) is 8.78 Å². The minimum absolute atomic E-state index is 0.0542. The molecule has 1 aliphatic heterocycles. The number of unbranched alkanes of at least 4 members (excludes halogenated alkanes) is 2. The summed E-state index contributed by atoms with van der Waals surface area (Å²) in [5, 5.41) is 0. The van der Waals surface area contributed by atoms with Crippen LogP contribution in [0, 0.1) is 17.6 Å². The fourth-order valence-electron chi connectivity index (χ4n) is 3.76. The molecule has 0 spiro atoms. The lowest BCUT2D eigenvalue weighted by molar-refractivity contribution is 0.131. The number of nitrogens with zero attached hydrogens (tertiary/aromatic N) is 1. The average molecular weight is 338 g/mol. The van der Waals surface area contributed by atoms with E-state index in [1.165, 1.54) is 31.4 Å². The molecule has 136 valence electrons. The minimum atomic E-state index is -0.773. The molecule has 2 nitrogen and oxygen atoms in total. The fourth-order valence-corrected chi connectivity index (χ4v) is 3.76. The van der Waals surface area contributed by atoms with Gasteiger partial charge in [-0.25, -0.2) is 8.78 Å². The number of halogens is 2. The molecule has 4 heteroatoms. The van der Waals surface area contributed by atoms with E-state index in [4.69, 9.17) is 5.73 Å². The van der Waals surface area contributed by atoms with Gasteiger partial charge in [0, 0.05) is 12.1 Å². The molecular formula is C20H32F2N2. The van der Waals surface area contributed by atoms with E-state index >= 15 is 0 Å². The van der Waals surface area contributed by atoms with Crippen molar-refractivity contribution in [3.05, 3.63) is 35.4 Å². The van der Waals surface area contributed by atoms with Crippen molar-refractivity contribution in [1.29, 1.82) is 0 Å². The molecule has 2 N–H and O–H groups in total. The second kappa shape index (κ2) is 8.91. The maximum Gasteiger partial charge on any atom is 0.159 e. The molecule has 0 bridgehead atoms. The summed E-state index contributed by atoms with van der Waals surface area (Å²) in [6, 6.07) is 4.20. The Morgan fingerprint density at radius 2 is 1.88 bits per heavy atom. The van der Waals surface area contributed by atoms with Crippen molar-refractivity contribution in [2.45, 2.75) is 64.3 Å². The van der Waals surface area contributed by atoms with Crippen LogP contribution in [0.1, 0.15) is 57.9 Å². The lowest BCUT2D eigenvalue weighted by atomic mass is 9.76. The number of likely N-dealkylation sites (tertiary alicyclic amines) is 1. The van der Waals surface area contributed by atoms with Crippen molar-refractivity contribution in [3.8, 4) is 0 Å². The third-order valence-corrected chi connectivity index (χ3v) is 5.54. The highest BCUT2D eigenvalue weighted by molar-refractivity contribution is 5.18. The van der Waals surface area contributed by atoms with Gasteiger partial charge in [-0.15, -0.1) is 0 Å². The highest BCUT2D eigenvalue weighted by Crippen LogP contribution is 2.30. The van der Waals surface area contributed by atoms with Crippen LogP contribution in [0.3, 0.4) is 0 Å². The molecule has 24 heavy (non-hydrogen) atoms. The third kappa shape index (κ3) is 5.52. The summed E-state index contributed by atoms with van der Waals surface area (Å²) in [5.41, 5.74) is 7.38. The van der Waals surface area contributed by atoms with Gasteiger partial charge >= 0.3 is 0 Å². The van der Waals surface area contributed by atoms with Crippen molar-refractivity contribution < 1.29 is 8.78 Å². The van der Waals surface area contributed by atoms with E-state index in [2.05, 4.69) is 18.7 Å². The van der Waals surface area contributed by atoms with Crippen molar-refractivity contribution in [1.82, 2.24) is 4.90 Å². The van der Waals surface area contributed by atoms with Gasteiger partial charge in [0.05, 0.1) is 0 Å². The van der Waals surface area contributed by atoms with E-state index < -0.39 is 11.6 Å². The van der Waals surface area contributed by atoms with E-state index in [1.54, 1.807) is 6.07 Å². The summed E-state index contributed by atoms with van der Waals surface area (Å²) >= 11 is 0. The Morgan fingerprint density at radius 3 is 2.50 bits per heavy atom. The zero-order valence-corrected chi connectivity index (χ0v) is 15.2. The minimum Gasteiger partial charge on any atom is -0.325 e. The van der Waals surface area contributed by atoms with Crippen LogP contribution in [0.15, 0.2) is 18.2 Å². The zero-order valence-electron chi connectivity index (χ0n) is 15.2. The molecule has 1 fully saturated rings. The average Bonchev–Trinajstić information content (AvgIpc) is 2.56. The van der Waals surface area contributed by atoms with E-state index in [1.807, 2.05) is 0 Å². The van der Waals surface area contributed by atoms with Gasteiger partial charge in [0.1, 0.15) is 0 Å². The first-order valence-corrected chi connectivity index (χ1v) is 9.37. The summed E-state index contributed by atoms with van der Waals surface area (Å²) < 4.78 is 26.2. The molecule has 1 aromatic carbocycles. The Hall–Kier alpha value is -1.00. The standard InChI is InChI=1S/C20H32F2N2/c1-3-4-5-11-20(2,23)17-9-13-24(14-10-17)12-8-16-6-7-18(21)19(22)15-16/h6-7,15,17H,3-5,8-14,23H2,1-2H3. The largest absolute Gasteiger partial charge is 0.325 e. The van der Waals surface area contributed by atoms with Gasteiger partial charge in [-0.1, -0.05) is 32.3 Å². The van der Waals surface area contributed by atoms with Crippen LogP contribution >= 0.6 is 0 Å². The van der Waals surface area contributed by atoms with Crippen LogP contribution < -0.4 is 5.73 Å². The number of hydrogen-bond donors (Lipinski definition) is 1. The molecule has 1 aliphatic rings. The van der Waals surface area contributed by atoms with Gasteiger partial charge in [-0.2, -0.15) is 0 Å². The van der Waals surface area contributed by atoms with Crippen LogP contribution in [0.4, 0.5) is 8.78 Å². The second-order valence-electron chi connectivity index (χ2n) is 7.58. The molecule has 0 aromatic heterocycles. The van der Waals surface area contributed by atoms with Gasteiger partial charge in [-0.3, -0.25) is 0 Å². The molecule has 0 radical (unpaired) electrons. The van der Waals surface area contributed by atoms with Crippen LogP contribution in [-0.4, -0.2) is 30.1 Å². The highest BCUT2D eigenvalue weighted by atomic mass is 19.2. The molecule has 0 saturated carbocycles. The van der Waals surface area contributed by atoms with Crippen molar-refractivity contribution >= 4 is 0 Å². The topological polar surface area (TPSA) is 29.3 Å². The van der Waals surface area contributed by atoms with Crippen molar-refractivity contribution in [2.24, 2.45) is 11.7 Å². The van der Waals surface area contributed by atoms with Crippen LogP contribution in [0.2, 0.25) is 0 Å². The smallest absolute Gasteiger partial charge is 0.159 e. The van der Waals surface area contributed by atoms with Crippen LogP contribution in [0.5, 0.6) is 0 Å². The molecule has 1 heterocycles. The van der Waals surface area contributed by atoms with Gasteiger partial charge in [0.2, 0.25) is 0 Å². The third-order valence-electron chi connectivity index (χ3n) is 5.54. The number of piperidine rings is 1. The molecule has 0 aliphatic carbocycles. The summed E-state index contributed by atoms with van der Waals surface area (Å²) in [6.07, 6.45) is 7.87. The van der Waals surface area contributed by atoms with Gasteiger partial charge in [-0.05, 0) is 69.3 Å². The molecule has 1 saturated heterocycles. The predicted molar refractivity (Wildman–Crippen MR) is 96.0 cm³/mol. The number of benzene rings is 1. The first kappa shape index (κ1) is 19.3. The molecule has 1 aromatic rings.